The summed E-state index contributed by atoms with van der Waals surface area (Å²) < 4.78 is 5.68. The van der Waals surface area contributed by atoms with Crippen molar-refractivity contribution < 1.29 is 4.74 Å². The number of nitrogens with two attached hydrogens (primary N) is 1. The van der Waals surface area contributed by atoms with E-state index in [1.807, 2.05) is 0 Å². The molecule has 1 fully saturated rings. The summed E-state index contributed by atoms with van der Waals surface area (Å²) in [5.41, 5.74) is 7.99. The van der Waals surface area contributed by atoms with Crippen LogP contribution in [0.1, 0.15) is 25.3 Å². The number of hydrogen-bond acceptors (Lipinski definition) is 4. The Bertz CT molecular complexity index is 507. The van der Waals surface area contributed by atoms with Gasteiger partial charge < -0.3 is 15.4 Å². The quantitative estimate of drug-likeness (QED) is 0.683. The minimum Gasteiger partial charge on any atom is -0.389 e. The summed E-state index contributed by atoms with van der Waals surface area (Å²) in [6, 6.07) is 6.25. The molecule has 0 aliphatic carbocycles. The first kappa shape index (κ1) is 15.6. The van der Waals surface area contributed by atoms with Crippen molar-refractivity contribution in [3.05, 3.63) is 23.8 Å². The zero-order valence-corrected chi connectivity index (χ0v) is 13.9. The number of thiocarbonyl (C=S) groups is 1. The SMILES string of the molecule is COC1(C)CCCN(c2cccc(SC)c2C(N)=S)C1. The Morgan fingerprint density at radius 1 is 1.50 bits per heavy atom. The predicted molar refractivity (Wildman–Crippen MR) is 91.0 cm³/mol. The molecule has 1 aliphatic rings. The van der Waals surface area contributed by atoms with Crippen LogP contribution in [0.15, 0.2) is 23.1 Å². The molecule has 0 radical (unpaired) electrons. The number of benzene rings is 1. The lowest BCUT2D eigenvalue weighted by Crippen LogP contribution is -2.48. The molecule has 1 saturated heterocycles. The van der Waals surface area contributed by atoms with Crippen LogP contribution in [0.5, 0.6) is 0 Å². The Morgan fingerprint density at radius 2 is 2.25 bits per heavy atom. The van der Waals surface area contributed by atoms with E-state index in [0.29, 0.717) is 4.99 Å². The highest BCUT2D eigenvalue weighted by Crippen LogP contribution is 2.34. The van der Waals surface area contributed by atoms with Crippen LogP contribution < -0.4 is 10.6 Å². The second-order valence-corrected chi connectivity index (χ2v) is 6.69. The molecule has 0 aromatic heterocycles. The summed E-state index contributed by atoms with van der Waals surface area (Å²) in [7, 11) is 1.79. The molecule has 1 atom stereocenters. The van der Waals surface area contributed by atoms with Crippen molar-refractivity contribution >= 4 is 34.7 Å². The van der Waals surface area contributed by atoms with Crippen LogP contribution in [0, 0.1) is 0 Å². The van der Waals surface area contributed by atoms with Crippen LogP contribution in [0.2, 0.25) is 0 Å². The molecule has 0 saturated carbocycles. The average molecular weight is 310 g/mol. The number of rotatable bonds is 4. The molecule has 0 bridgehead atoms. The maximum Gasteiger partial charge on any atom is 0.107 e. The summed E-state index contributed by atoms with van der Waals surface area (Å²) in [5.74, 6) is 0. The van der Waals surface area contributed by atoms with E-state index < -0.39 is 0 Å². The van der Waals surface area contributed by atoms with E-state index in [2.05, 4.69) is 36.3 Å². The largest absolute Gasteiger partial charge is 0.389 e. The van der Waals surface area contributed by atoms with Crippen molar-refractivity contribution in [3.8, 4) is 0 Å². The second-order valence-electron chi connectivity index (χ2n) is 5.40. The molecule has 110 valence electrons. The maximum atomic E-state index is 5.96. The lowest BCUT2D eigenvalue weighted by molar-refractivity contribution is -0.00466. The van der Waals surface area contributed by atoms with E-state index in [-0.39, 0.29) is 5.60 Å². The third-order valence-electron chi connectivity index (χ3n) is 3.96. The van der Waals surface area contributed by atoms with E-state index in [1.165, 1.54) is 0 Å². The van der Waals surface area contributed by atoms with Crippen molar-refractivity contribution in [3.63, 3.8) is 0 Å². The topological polar surface area (TPSA) is 38.5 Å². The fourth-order valence-electron chi connectivity index (χ4n) is 2.78. The van der Waals surface area contributed by atoms with Crippen LogP contribution in [-0.4, -0.2) is 37.0 Å². The molecule has 0 amide bonds. The number of anilines is 1. The van der Waals surface area contributed by atoms with Crippen molar-refractivity contribution in [1.82, 2.24) is 0 Å². The first-order valence-corrected chi connectivity index (χ1v) is 8.41. The van der Waals surface area contributed by atoms with E-state index in [4.69, 9.17) is 22.7 Å². The van der Waals surface area contributed by atoms with E-state index in [1.54, 1.807) is 18.9 Å². The molecule has 1 aromatic rings. The highest BCUT2D eigenvalue weighted by Gasteiger charge is 2.32. The summed E-state index contributed by atoms with van der Waals surface area (Å²) in [6.07, 6.45) is 4.26. The van der Waals surface area contributed by atoms with Crippen molar-refractivity contribution in [2.45, 2.75) is 30.3 Å². The van der Waals surface area contributed by atoms with E-state index in [9.17, 15) is 0 Å². The number of piperidine rings is 1. The van der Waals surface area contributed by atoms with Gasteiger partial charge in [-0.15, -0.1) is 11.8 Å². The van der Waals surface area contributed by atoms with Gasteiger partial charge in [-0.25, -0.2) is 0 Å². The Balaban J connectivity index is 2.39. The Labute approximate surface area is 130 Å². The van der Waals surface area contributed by atoms with Gasteiger partial charge in [0.2, 0.25) is 0 Å². The zero-order valence-electron chi connectivity index (χ0n) is 12.3. The lowest BCUT2D eigenvalue weighted by Gasteiger charge is -2.41. The summed E-state index contributed by atoms with van der Waals surface area (Å²) in [4.78, 5) is 3.95. The summed E-state index contributed by atoms with van der Waals surface area (Å²) >= 11 is 6.95. The monoisotopic (exact) mass is 310 g/mol. The molecule has 2 rings (SSSR count). The van der Waals surface area contributed by atoms with Gasteiger partial charge in [-0.3, -0.25) is 0 Å². The normalized spacial score (nSPS) is 22.9. The summed E-state index contributed by atoms with van der Waals surface area (Å²) in [6.45, 7) is 4.06. The third-order valence-corrected chi connectivity index (χ3v) is 4.95. The standard InChI is InChI=1S/C15H22N2OS2/c1-15(18-2)8-5-9-17(10-15)11-6-4-7-12(20-3)13(11)14(16)19/h4,6-7H,5,8-10H2,1-3H3,(H2,16,19). The third kappa shape index (κ3) is 3.10. The fourth-order valence-corrected chi connectivity index (χ4v) is 3.69. The van der Waals surface area contributed by atoms with Gasteiger partial charge in [0.05, 0.1) is 5.60 Å². The number of nitrogens with zero attached hydrogens (tertiary/aromatic N) is 1. The molecule has 1 heterocycles. The van der Waals surface area contributed by atoms with Gasteiger partial charge in [-0.05, 0) is 38.2 Å². The minimum atomic E-state index is -0.0961. The van der Waals surface area contributed by atoms with Gasteiger partial charge in [-0.1, -0.05) is 18.3 Å². The molecule has 3 nitrogen and oxygen atoms in total. The van der Waals surface area contributed by atoms with E-state index in [0.717, 1.165) is 42.1 Å². The van der Waals surface area contributed by atoms with Gasteiger partial charge in [-0.2, -0.15) is 0 Å². The lowest BCUT2D eigenvalue weighted by atomic mass is 9.94. The van der Waals surface area contributed by atoms with Crippen molar-refractivity contribution in [2.75, 3.05) is 31.4 Å². The molecule has 20 heavy (non-hydrogen) atoms. The molecule has 1 aromatic carbocycles. The van der Waals surface area contributed by atoms with Crippen molar-refractivity contribution in [1.29, 1.82) is 0 Å². The Morgan fingerprint density at radius 3 is 2.85 bits per heavy atom. The number of thioether (sulfide) groups is 1. The Hall–Kier alpha value is -0.780. The zero-order chi connectivity index (χ0) is 14.8. The second kappa shape index (κ2) is 6.33. The van der Waals surface area contributed by atoms with Crippen molar-refractivity contribution in [2.24, 2.45) is 5.73 Å². The first-order chi connectivity index (χ1) is 9.50. The Kier molecular flexibility index (Phi) is 4.94. The maximum absolute atomic E-state index is 5.96. The number of hydrogen-bond donors (Lipinski definition) is 1. The van der Waals surface area contributed by atoms with Crippen LogP contribution in [-0.2, 0) is 4.74 Å². The van der Waals surface area contributed by atoms with Gasteiger partial charge in [0.15, 0.2) is 0 Å². The highest BCUT2D eigenvalue weighted by atomic mass is 32.2. The number of methoxy groups -OCH3 is 1. The average Bonchev–Trinajstić information content (AvgIpc) is 2.46. The van der Waals surface area contributed by atoms with Gasteiger partial charge in [0, 0.05) is 36.3 Å². The fraction of sp³-hybridized carbons (Fsp3) is 0.533. The molecule has 1 aliphatic heterocycles. The molecule has 1 unspecified atom stereocenters. The first-order valence-electron chi connectivity index (χ1n) is 6.77. The smallest absolute Gasteiger partial charge is 0.107 e. The predicted octanol–water partition coefficient (Wildman–Crippen LogP) is 3.05. The van der Waals surface area contributed by atoms with E-state index >= 15 is 0 Å². The van der Waals surface area contributed by atoms with Crippen LogP contribution in [0.25, 0.3) is 0 Å². The molecule has 2 N–H and O–H groups in total. The van der Waals surface area contributed by atoms with Gasteiger partial charge in [0.1, 0.15) is 4.99 Å². The highest BCUT2D eigenvalue weighted by molar-refractivity contribution is 7.98. The summed E-state index contributed by atoms with van der Waals surface area (Å²) in [5, 5.41) is 0. The van der Waals surface area contributed by atoms with Gasteiger partial charge in [0.25, 0.3) is 0 Å². The minimum absolute atomic E-state index is 0.0961. The molecular weight excluding hydrogens is 288 g/mol. The van der Waals surface area contributed by atoms with Crippen LogP contribution in [0.4, 0.5) is 5.69 Å². The number of ether oxygens (including phenoxy) is 1. The van der Waals surface area contributed by atoms with Crippen LogP contribution in [0.3, 0.4) is 0 Å². The van der Waals surface area contributed by atoms with Crippen LogP contribution >= 0.6 is 24.0 Å². The molecular formula is C15H22N2OS2. The van der Waals surface area contributed by atoms with Gasteiger partial charge >= 0.3 is 0 Å². The molecule has 5 heteroatoms. The molecule has 0 spiro atoms.